The summed E-state index contributed by atoms with van der Waals surface area (Å²) in [5, 5.41) is 3.39. The third-order valence-corrected chi connectivity index (χ3v) is 3.96. The lowest BCUT2D eigenvalue weighted by molar-refractivity contribution is -0.0556. The lowest BCUT2D eigenvalue weighted by Gasteiger charge is -2.36. The zero-order valence-electron chi connectivity index (χ0n) is 10.2. The molecule has 2 aliphatic rings. The third-order valence-electron chi connectivity index (χ3n) is 3.96. The summed E-state index contributed by atoms with van der Waals surface area (Å²) in [4.78, 5) is 0. The Labute approximate surface area is 93.8 Å². The fourth-order valence-electron chi connectivity index (χ4n) is 2.71. The summed E-state index contributed by atoms with van der Waals surface area (Å²) in [5.41, 5.74) is 0.563. The van der Waals surface area contributed by atoms with Gasteiger partial charge in [-0.1, -0.05) is 13.8 Å². The molecule has 0 unspecified atom stereocenters. The van der Waals surface area contributed by atoms with Gasteiger partial charge >= 0.3 is 0 Å². The molecule has 1 saturated carbocycles. The molecule has 0 aromatic rings. The van der Waals surface area contributed by atoms with Gasteiger partial charge in [0.15, 0.2) is 0 Å². The van der Waals surface area contributed by atoms with Crippen LogP contribution < -0.4 is 5.32 Å². The van der Waals surface area contributed by atoms with Crippen molar-refractivity contribution in [3.05, 3.63) is 0 Å². The topological polar surface area (TPSA) is 21.3 Å². The number of hydrogen-bond acceptors (Lipinski definition) is 2. The summed E-state index contributed by atoms with van der Waals surface area (Å²) in [6.45, 7) is 7.05. The van der Waals surface area contributed by atoms with E-state index < -0.39 is 0 Å². The van der Waals surface area contributed by atoms with Crippen molar-refractivity contribution in [1.82, 2.24) is 5.32 Å². The molecule has 0 spiro atoms. The van der Waals surface area contributed by atoms with E-state index in [0.717, 1.165) is 13.1 Å². The number of ether oxygens (including phenoxy) is 1. The van der Waals surface area contributed by atoms with Crippen molar-refractivity contribution in [1.29, 1.82) is 0 Å². The first-order valence-electron chi connectivity index (χ1n) is 6.52. The van der Waals surface area contributed by atoms with Gasteiger partial charge in [0.2, 0.25) is 0 Å². The SMILES string of the molecule is CC1(C)CCC(OC2CCNCC2)CC1. The van der Waals surface area contributed by atoms with Crippen LogP contribution in [0, 0.1) is 5.41 Å². The van der Waals surface area contributed by atoms with Crippen molar-refractivity contribution < 1.29 is 4.74 Å². The van der Waals surface area contributed by atoms with Crippen LogP contribution in [0.2, 0.25) is 0 Å². The first-order chi connectivity index (χ1) is 7.16. The molecular weight excluding hydrogens is 186 g/mol. The second-order valence-electron chi connectivity index (χ2n) is 5.95. The monoisotopic (exact) mass is 211 g/mol. The van der Waals surface area contributed by atoms with Gasteiger partial charge in [-0.15, -0.1) is 0 Å². The minimum atomic E-state index is 0.539. The Kier molecular flexibility index (Phi) is 3.68. The minimum Gasteiger partial charge on any atom is -0.375 e. The fraction of sp³-hybridized carbons (Fsp3) is 1.00. The van der Waals surface area contributed by atoms with E-state index in [1.165, 1.54) is 38.5 Å². The van der Waals surface area contributed by atoms with E-state index in [0.29, 0.717) is 17.6 Å². The molecule has 88 valence electrons. The first-order valence-corrected chi connectivity index (χ1v) is 6.52. The second kappa shape index (κ2) is 4.84. The second-order valence-corrected chi connectivity index (χ2v) is 5.95. The third kappa shape index (κ3) is 3.46. The fourth-order valence-corrected chi connectivity index (χ4v) is 2.71. The quantitative estimate of drug-likeness (QED) is 0.758. The lowest BCUT2D eigenvalue weighted by atomic mass is 9.76. The maximum Gasteiger partial charge on any atom is 0.0603 e. The van der Waals surface area contributed by atoms with Crippen LogP contribution in [0.3, 0.4) is 0 Å². The Hall–Kier alpha value is -0.0800. The van der Waals surface area contributed by atoms with Crippen molar-refractivity contribution in [2.24, 2.45) is 5.41 Å². The first kappa shape index (κ1) is 11.4. The van der Waals surface area contributed by atoms with Gasteiger partial charge in [0, 0.05) is 0 Å². The predicted molar refractivity (Wildman–Crippen MR) is 63.0 cm³/mol. The van der Waals surface area contributed by atoms with E-state index in [2.05, 4.69) is 19.2 Å². The number of rotatable bonds is 2. The molecule has 1 aliphatic carbocycles. The molecule has 2 rings (SSSR count). The molecule has 0 radical (unpaired) electrons. The summed E-state index contributed by atoms with van der Waals surface area (Å²) in [7, 11) is 0. The average Bonchev–Trinajstić information content (AvgIpc) is 2.23. The zero-order valence-corrected chi connectivity index (χ0v) is 10.2. The lowest BCUT2D eigenvalue weighted by Crippen LogP contribution is -2.36. The van der Waals surface area contributed by atoms with Gasteiger partial charge in [-0.05, 0) is 57.0 Å². The maximum atomic E-state index is 6.19. The smallest absolute Gasteiger partial charge is 0.0603 e. The minimum absolute atomic E-state index is 0.539. The number of piperidine rings is 1. The molecule has 1 saturated heterocycles. The largest absolute Gasteiger partial charge is 0.375 e. The number of nitrogens with one attached hydrogen (secondary N) is 1. The van der Waals surface area contributed by atoms with Gasteiger partial charge in [0.1, 0.15) is 0 Å². The molecule has 1 heterocycles. The molecule has 0 bridgehead atoms. The molecule has 15 heavy (non-hydrogen) atoms. The molecule has 0 aromatic carbocycles. The van der Waals surface area contributed by atoms with E-state index in [1.54, 1.807) is 0 Å². The van der Waals surface area contributed by atoms with Gasteiger partial charge < -0.3 is 10.1 Å². The van der Waals surface area contributed by atoms with Crippen LogP contribution in [0.1, 0.15) is 52.4 Å². The van der Waals surface area contributed by atoms with Crippen molar-refractivity contribution in [2.45, 2.75) is 64.6 Å². The molecule has 2 fully saturated rings. The highest BCUT2D eigenvalue weighted by molar-refractivity contribution is 4.80. The Morgan fingerprint density at radius 1 is 0.933 bits per heavy atom. The average molecular weight is 211 g/mol. The molecule has 1 N–H and O–H groups in total. The van der Waals surface area contributed by atoms with Crippen LogP contribution in [-0.4, -0.2) is 25.3 Å². The summed E-state index contributed by atoms with van der Waals surface area (Å²) in [6, 6.07) is 0. The van der Waals surface area contributed by atoms with Gasteiger partial charge in [-0.3, -0.25) is 0 Å². The van der Waals surface area contributed by atoms with Crippen molar-refractivity contribution >= 4 is 0 Å². The highest BCUT2D eigenvalue weighted by Crippen LogP contribution is 2.36. The summed E-state index contributed by atoms with van der Waals surface area (Å²) < 4.78 is 6.19. The van der Waals surface area contributed by atoms with Crippen molar-refractivity contribution in [3.63, 3.8) is 0 Å². The summed E-state index contributed by atoms with van der Waals surface area (Å²) >= 11 is 0. The Balaban J connectivity index is 1.71. The van der Waals surface area contributed by atoms with E-state index in [-0.39, 0.29) is 0 Å². The Morgan fingerprint density at radius 2 is 1.47 bits per heavy atom. The molecule has 0 amide bonds. The molecule has 0 atom stereocenters. The standard InChI is InChI=1S/C13H25NO/c1-13(2)7-3-11(4-8-13)15-12-5-9-14-10-6-12/h11-12,14H,3-10H2,1-2H3. The van der Waals surface area contributed by atoms with Crippen LogP contribution in [0.25, 0.3) is 0 Å². The van der Waals surface area contributed by atoms with Crippen LogP contribution in [0.15, 0.2) is 0 Å². The van der Waals surface area contributed by atoms with Gasteiger partial charge in [-0.2, -0.15) is 0 Å². The van der Waals surface area contributed by atoms with Crippen molar-refractivity contribution in [3.8, 4) is 0 Å². The van der Waals surface area contributed by atoms with Crippen LogP contribution >= 0.6 is 0 Å². The van der Waals surface area contributed by atoms with E-state index >= 15 is 0 Å². The molecule has 2 nitrogen and oxygen atoms in total. The van der Waals surface area contributed by atoms with Gasteiger partial charge in [0.25, 0.3) is 0 Å². The molecule has 1 aliphatic heterocycles. The van der Waals surface area contributed by atoms with Crippen molar-refractivity contribution in [2.75, 3.05) is 13.1 Å². The van der Waals surface area contributed by atoms with Crippen LogP contribution in [0.4, 0.5) is 0 Å². The molecular formula is C13H25NO. The normalized spacial score (nSPS) is 29.2. The highest BCUT2D eigenvalue weighted by atomic mass is 16.5. The number of hydrogen-bond donors (Lipinski definition) is 1. The summed E-state index contributed by atoms with van der Waals surface area (Å²) in [6.07, 6.45) is 8.73. The maximum absolute atomic E-state index is 6.19. The van der Waals surface area contributed by atoms with E-state index in [4.69, 9.17) is 4.74 Å². The van der Waals surface area contributed by atoms with Crippen LogP contribution in [0.5, 0.6) is 0 Å². The summed E-state index contributed by atoms with van der Waals surface area (Å²) in [5.74, 6) is 0. The van der Waals surface area contributed by atoms with Gasteiger partial charge in [0.05, 0.1) is 12.2 Å². The molecule has 2 heteroatoms. The Bertz CT molecular complexity index is 187. The predicted octanol–water partition coefficient (Wildman–Crippen LogP) is 2.72. The van der Waals surface area contributed by atoms with E-state index in [9.17, 15) is 0 Å². The molecule has 0 aromatic heterocycles. The van der Waals surface area contributed by atoms with Gasteiger partial charge in [-0.25, -0.2) is 0 Å². The zero-order chi connectivity index (χ0) is 10.7. The Morgan fingerprint density at radius 3 is 2.07 bits per heavy atom. The highest BCUT2D eigenvalue weighted by Gasteiger charge is 2.28. The van der Waals surface area contributed by atoms with E-state index in [1.807, 2.05) is 0 Å². The van der Waals surface area contributed by atoms with Crippen LogP contribution in [-0.2, 0) is 4.74 Å².